The number of rotatable bonds is 4. The number of hydrogen-bond donors (Lipinski definition) is 3. The molecule has 2 aromatic rings. The van der Waals surface area contributed by atoms with Gasteiger partial charge in [-0.25, -0.2) is 0 Å². The van der Waals surface area contributed by atoms with E-state index in [0.29, 0.717) is 12.2 Å². The molecule has 0 aliphatic carbocycles. The van der Waals surface area contributed by atoms with Crippen LogP contribution < -0.4 is 10.6 Å². The molecule has 7 heteroatoms. The van der Waals surface area contributed by atoms with Gasteiger partial charge in [0.25, 0.3) is 5.91 Å². The summed E-state index contributed by atoms with van der Waals surface area (Å²) in [6, 6.07) is 8.10. The minimum atomic E-state index is -0.110. The molecule has 23 heavy (non-hydrogen) atoms. The average molecular weight is 400 g/mol. The van der Waals surface area contributed by atoms with Gasteiger partial charge in [-0.3, -0.25) is 9.89 Å². The Balaban J connectivity index is 0.00000192. The second kappa shape index (κ2) is 7.95. The fraction of sp³-hybridized carbons (Fsp3) is 0.375. The number of amides is 1. The summed E-state index contributed by atoms with van der Waals surface area (Å²) in [4.78, 5) is 12.4. The van der Waals surface area contributed by atoms with Crippen molar-refractivity contribution < 1.29 is 4.79 Å². The lowest BCUT2D eigenvalue weighted by molar-refractivity contribution is 0.0934. The van der Waals surface area contributed by atoms with E-state index in [1.807, 2.05) is 25.1 Å². The van der Waals surface area contributed by atoms with Crippen molar-refractivity contribution in [1.29, 1.82) is 0 Å². The van der Waals surface area contributed by atoms with Crippen LogP contribution in [0.4, 0.5) is 0 Å². The second-order valence-electron chi connectivity index (χ2n) is 5.63. The number of aromatic nitrogens is 2. The van der Waals surface area contributed by atoms with Gasteiger partial charge >= 0.3 is 0 Å². The highest BCUT2D eigenvalue weighted by Crippen LogP contribution is 2.18. The van der Waals surface area contributed by atoms with E-state index < -0.39 is 0 Å². The first-order chi connectivity index (χ1) is 10.6. The second-order valence-corrected chi connectivity index (χ2v) is 6.48. The summed E-state index contributed by atoms with van der Waals surface area (Å²) in [6.07, 6.45) is 1.67. The van der Waals surface area contributed by atoms with E-state index in [2.05, 4.69) is 42.8 Å². The summed E-state index contributed by atoms with van der Waals surface area (Å²) in [7, 11) is 0. The Morgan fingerprint density at radius 3 is 3.00 bits per heavy atom. The molecule has 5 nitrogen and oxygen atoms in total. The van der Waals surface area contributed by atoms with Crippen LogP contribution in [0.25, 0.3) is 0 Å². The zero-order valence-electron chi connectivity index (χ0n) is 12.9. The van der Waals surface area contributed by atoms with E-state index in [9.17, 15) is 4.79 Å². The SMILES string of the molecule is CC(Cc1ccccc1Br)NC(=O)c1n[nH]c2c1CNCC2.Cl. The fourth-order valence-electron chi connectivity index (χ4n) is 2.75. The van der Waals surface area contributed by atoms with E-state index in [4.69, 9.17) is 0 Å². The average Bonchev–Trinajstić information content (AvgIpc) is 2.93. The Bertz CT molecular complexity index is 688. The molecule has 1 atom stereocenters. The van der Waals surface area contributed by atoms with Crippen molar-refractivity contribution in [2.24, 2.45) is 0 Å². The van der Waals surface area contributed by atoms with E-state index in [-0.39, 0.29) is 24.4 Å². The molecule has 0 spiro atoms. The van der Waals surface area contributed by atoms with Crippen LogP contribution in [0, 0.1) is 0 Å². The summed E-state index contributed by atoms with van der Waals surface area (Å²) in [5, 5.41) is 13.5. The molecule has 1 unspecified atom stereocenters. The van der Waals surface area contributed by atoms with Crippen LogP contribution in [0.3, 0.4) is 0 Å². The Morgan fingerprint density at radius 2 is 2.22 bits per heavy atom. The zero-order chi connectivity index (χ0) is 15.5. The molecular weight excluding hydrogens is 380 g/mol. The Hall–Kier alpha value is -1.37. The fourth-order valence-corrected chi connectivity index (χ4v) is 3.20. The minimum absolute atomic E-state index is 0. The molecule has 2 heterocycles. The Labute approximate surface area is 150 Å². The van der Waals surface area contributed by atoms with Crippen LogP contribution in [-0.4, -0.2) is 28.7 Å². The van der Waals surface area contributed by atoms with Crippen molar-refractivity contribution in [1.82, 2.24) is 20.8 Å². The minimum Gasteiger partial charge on any atom is -0.348 e. The molecule has 0 bridgehead atoms. The zero-order valence-corrected chi connectivity index (χ0v) is 15.3. The lowest BCUT2D eigenvalue weighted by atomic mass is 10.1. The van der Waals surface area contributed by atoms with E-state index >= 15 is 0 Å². The predicted octanol–water partition coefficient (Wildman–Crippen LogP) is 2.60. The van der Waals surface area contributed by atoms with E-state index in [0.717, 1.165) is 35.1 Å². The maximum atomic E-state index is 12.4. The van der Waals surface area contributed by atoms with E-state index in [1.54, 1.807) is 0 Å². The number of halogens is 2. The van der Waals surface area contributed by atoms with Crippen LogP contribution in [0.15, 0.2) is 28.7 Å². The largest absolute Gasteiger partial charge is 0.348 e. The van der Waals surface area contributed by atoms with Crippen molar-refractivity contribution in [2.45, 2.75) is 32.4 Å². The molecule has 1 amide bonds. The number of carbonyl (C=O) groups excluding carboxylic acids is 1. The Kier molecular flexibility index (Phi) is 6.21. The van der Waals surface area contributed by atoms with Gasteiger partial charge in [-0.2, -0.15) is 5.10 Å². The van der Waals surface area contributed by atoms with Gasteiger partial charge in [-0.05, 0) is 25.0 Å². The number of carbonyl (C=O) groups is 1. The van der Waals surface area contributed by atoms with Crippen LogP contribution in [0.1, 0.15) is 34.2 Å². The van der Waals surface area contributed by atoms with Gasteiger partial charge in [0.2, 0.25) is 0 Å². The smallest absolute Gasteiger partial charge is 0.272 e. The number of hydrogen-bond acceptors (Lipinski definition) is 3. The van der Waals surface area contributed by atoms with Gasteiger partial charge in [0.1, 0.15) is 0 Å². The number of aromatic amines is 1. The summed E-state index contributed by atoms with van der Waals surface area (Å²) in [6.45, 7) is 3.64. The summed E-state index contributed by atoms with van der Waals surface area (Å²) < 4.78 is 1.07. The lowest BCUT2D eigenvalue weighted by Gasteiger charge is -2.16. The monoisotopic (exact) mass is 398 g/mol. The number of nitrogens with zero attached hydrogens (tertiary/aromatic N) is 1. The highest BCUT2D eigenvalue weighted by molar-refractivity contribution is 9.10. The molecule has 1 aromatic carbocycles. The molecule has 124 valence electrons. The molecule has 0 radical (unpaired) electrons. The molecule has 1 aliphatic rings. The quantitative estimate of drug-likeness (QED) is 0.740. The lowest BCUT2D eigenvalue weighted by Crippen LogP contribution is -2.35. The topological polar surface area (TPSA) is 69.8 Å². The van der Waals surface area contributed by atoms with Crippen molar-refractivity contribution >= 4 is 34.2 Å². The van der Waals surface area contributed by atoms with Crippen molar-refractivity contribution in [3.05, 3.63) is 51.3 Å². The third-order valence-corrected chi connectivity index (χ3v) is 4.66. The van der Waals surface area contributed by atoms with Crippen LogP contribution in [-0.2, 0) is 19.4 Å². The maximum absolute atomic E-state index is 12.4. The standard InChI is InChI=1S/C16H19BrN4O.ClH/c1-10(8-11-4-2-3-5-13(11)17)19-16(22)15-12-9-18-7-6-14(12)20-21-15;/h2-5,10,18H,6-9H2,1H3,(H,19,22)(H,20,21);1H. The number of fused-ring (bicyclic) bond motifs is 1. The molecule has 0 saturated carbocycles. The Morgan fingerprint density at radius 1 is 1.43 bits per heavy atom. The molecule has 1 aromatic heterocycles. The third-order valence-electron chi connectivity index (χ3n) is 3.88. The predicted molar refractivity (Wildman–Crippen MR) is 96.0 cm³/mol. The first-order valence-electron chi connectivity index (χ1n) is 7.46. The van der Waals surface area contributed by atoms with Crippen molar-refractivity contribution in [2.75, 3.05) is 6.54 Å². The van der Waals surface area contributed by atoms with Crippen LogP contribution in [0.5, 0.6) is 0 Å². The summed E-state index contributed by atoms with van der Waals surface area (Å²) in [5.41, 5.74) is 3.77. The highest BCUT2D eigenvalue weighted by Gasteiger charge is 2.22. The maximum Gasteiger partial charge on any atom is 0.272 e. The number of nitrogens with one attached hydrogen (secondary N) is 3. The number of benzene rings is 1. The first-order valence-corrected chi connectivity index (χ1v) is 8.25. The first kappa shape index (κ1) is 18.0. The molecule has 3 rings (SSSR count). The summed E-state index contributed by atoms with van der Waals surface area (Å²) >= 11 is 3.54. The molecule has 0 saturated heterocycles. The van der Waals surface area contributed by atoms with Gasteiger partial charge in [0.15, 0.2) is 5.69 Å². The van der Waals surface area contributed by atoms with Crippen LogP contribution in [0.2, 0.25) is 0 Å². The van der Waals surface area contributed by atoms with Crippen LogP contribution >= 0.6 is 28.3 Å². The molecular formula is C16H20BrClN4O. The highest BCUT2D eigenvalue weighted by atomic mass is 79.9. The van der Waals surface area contributed by atoms with Gasteiger partial charge in [0.05, 0.1) is 0 Å². The number of H-pyrrole nitrogens is 1. The third kappa shape index (κ3) is 4.13. The van der Waals surface area contributed by atoms with Gasteiger partial charge in [-0.15, -0.1) is 12.4 Å². The van der Waals surface area contributed by atoms with Crippen molar-refractivity contribution in [3.63, 3.8) is 0 Å². The molecule has 0 fully saturated rings. The molecule has 3 N–H and O–H groups in total. The van der Waals surface area contributed by atoms with Gasteiger partial charge in [0, 0.05) is 41.3 Å². The summed E-state index contributed by atoms with van der Waals surface area (Å²) in [5.74, 6) is -0.110. The van der Waals surface area contributed by atoms with Gasteiger partial charge in [-0.1, -0.05) is 34.1 Å². The van der Waals surface area contributed by atoms with Crippen molar-refractivity contribution in [3.8, 4) is 0 Å². The molecule has 1 aliphatic heterocycles. The van der Waals surface area contributed by atoms with E-state index in [1.165, 1.54) is 5.56 Å². The van der Waals surface area contributed by atoms with Gasteiger partial charge < -0.3 is 10.6 Å². The normalized spacial score (nSPS) is 14.5.